The predicted molar refractivity (Wildman–Crippen MR) is 94.5 cm³/mol. The summed E-state index contributed by atoms with van der Waals surface area (Å²) in [7, 11) is 1.63. The first-order valence-corrected chi connectivity index (χ1v) is 8.40. The number of fused-ring (bicyclic) bond motifs is 1. The average Bonchev–Trinajstić information content (AvgIpc) is 2.64. The fourth-order valence-corrected chi connectivity index (χ4v) is 2.94. The Bertz CT molecular complexity index is 828. The van der Waals surface area contributed by atoms with E-state index in [0.29, 0.717) is 25.1 Å². The Labute approximate surface area is 146 Å². The Hall–Kier alpha value is -2.76. The molecule has 2 aromatic rings. The van der Waals surface area contributed by atoms with E-state index in [-0.39, 0.29) is 17.4 Å². The molecule has 132 valence electrons. The van der Waals surface area contributed by atoms with Crippen molar-refractivity contribution in [2.45, 2.75) is 19.8 Å². The first-order valence-electron chi connectivity index (χ1n) is 8.40. The molecule has 6 nitrogen and oxygen atoms in total. The Balaban J connectivity index is 1.61. The number of carbonyl (C=O) groups is 1. The number of methoxy groups -OCH3 is 1. The third-order valence-corrected chi connectivity index (χ3v) is 4.35. The Morgan fingerprint density at radius 3 is 2.96 bits per heavy atom. The van der Waals surface area contributed by atoms with Crippen LogP contribution in [0.15, 0.2) is 35.1 Å². The zero-order chi connectivity index (χ0) is 17.8. The summed E-state index contributed by atoms with van der Waals surface area (Å²) in [6, 6.07) is 8.83. The lowest BCUT2D eigenvalue weighted by Gasteiger charge is -2.25. The minimum Gasteiger partial charge on any atom is -0.497 e. The number of H-pyrrole nitrogens is 1. The van der Waals surface area contributed by atoms with E-state index in [2.05, 4.69) is 10.3 Å². The molecule has 25 heavy (non-hydrogen) atoms. The highest BCUT2D eigenvalue weighted by Crippen LogP contribution is 2.30. The zero-order valence-corrected chi connectivity index (χ0v) is 14.4. The van der Waals surface area contributed by atoms with Crippen molar-refractivity contribution in [3.05, 3.63) is 57.5 Å². The third kappa shape index (κ3) is 4.02. The van der Waals surface area contributed by atoms with Crippen LogP contribution in [0.3, 0.4) is 0 Å². The quantitative estimate of drug-likeness (QED) is 0.870. The van der Waals surface area contributed by atoms with Gasteiger partial charge in [-0.3, -0.25) is 9.59 Å². The van der Waals surface area contributed by atoms with Gasteiger partial charge in [0.1, 0.15) is 11.5 Å². The topological polar surface area (TPSA) is 80.4 Å². The third-order valence-electron chi connectivity index (χ3n) is 4.35. The maximum atomic E-state index is 12.3. The van der Waals surface area contributed by atoms with Crippen LogP contribution in [-0.4, -0.2) is 31.2 Å². The molecule has 0 saturated heterocycles. The monoisotopic (exact) mass is 342 g/mol. The molecule has 1 amide bonds. The Morgan fingerprint density at radius 2 is 2.20 bits per heavy atom. The lowest BCUT2D eigenvalue weighted by Crippen LogP contribution is -2.35. The van der Waals surface area contributed by atoms with Crippen molar-refractivity contribution in [1.82, 2.24) is 10.3 Å². The van der Waals surface area contributed by atoms with Gasteiger partial charge in [-0.2, -0.15) is 0 Å². The summed E-state index contributed by atoms with van der Waals surface area (Å²) >= 11 is 0. The highest BCUT2D eigenvalue weighted by molar-refractivity contribution is 5.94. The molecule has 0 unspecified atom stereocenters. The number of aromatic nitrogens is 1. The normalized spacial score (nSPS) is 15.8. The number of nitrogens with one attached hydrogen (secondary N) is 2. The minimum absolute atomic E-state index is 0.192. The molecule has 0 spiro atoms. The number of carbonyl (C=O) groups excluding carboxylic acids is 1. The van der Waals surface area contributed by atoms with Crippen LogP contribution < -0.4 is 20.3 Å². The van der Waals surface area contributed by atoms with Crippen LogP contribution in [0.4, 0.5) is 0 Å². The Kier molecular flexibility index (Phi) is 5.07. The van der Waals surface area contributed by atoms with Crippen LogP contribution in [-0.2, 0) is 12.8 Å². The van der Waals surface area contributed by atoms with Crippen molar-refractivity contribution in [3.63, 3.8) is 0 Å². The maximum absolute atomic E-state index is 12.3. The molecule has 1 aromatic carbocycles. The van der Waals surface area contributed by atoms with Crippen molar-refractivity contribution >= 4 is 5.91 Å². The highest BCUT2D eigenvalue weighted by atomic mass is 16.5. The van der Waals surface area contributed by atoms with Gasteiger partial charge in [0.2, 0.25) is 5.56 Å². The van der Waals surface area contributed by atoms with Gasteiger partial charge in [-0.1, -0.05) is 13.0 Å². The number of pyridine rings is 1. The first kappa shape index (κ1) is 17.1. The molecule has 0 saturated carbocycles. The molecule has 6 heteroatoms. The average molecular weight is 342 g/mol. The van der Waals surface area contributed by atoms with Gasteiger partial charge >= 0.3 is 0 Å². The number of aryl methyl sites for hydroxylation is 1. The van der Waals surface area contributed by atoms with Crippen molar-refractivity contribution in [2.75, 3.05) is 20.3 Å². The summed E-state index contributed by atoms with van der Waals surface area (Å²) in [5.74, 6) is 1.56. The molecule has 1 aliphatic heterocycles. The van der Waals surface area contributed by atoms with E-state index in [4.69, 9.17) is 9.47 Å². The minimum atomic E-state index is -0.256. The van der Waals surface area contributed by atoms with E-state index >= 15 is 0 Å². The van der Waals surface area contributed by atoms with Crippen LogP contribution in [0.25, 0.3) is 0 Å². The van der Waals surface area contributed by atoms with Crippen LogP contribution in [0.1, 0.15) is 28.5 Å². The summed E-state index contributed by atoms with van der Waals surface area (Å²) < 4.78 is 11.0. The van der Waals surface area contributed by atoms with Crippen LogP contribution >= 0.6 is 0 Å². The van der Waals surface area contributed by atoms with Crippen molar-refractivity contribution in [3.8, 4) is 11.5 Å². The van der Waals surface area contributed by atoms with Gasteiger partial charge in [0.15, 0.2) is 0 Å². The van der Waals surface area contributed by atoms with E-state index in [9.17, 15) is 9.59 Å². The molecule has 1 aliphatic rings. The van der Waals surface area contributed by atoms with Gasteiger partial charge in [-0.25, -0.2) is 0 Å². The molecule has 2 heterocycles. The van der Waals surface area contributed by atoms with Crippen LogP contribution in [0.5, 0.6) is 11.5 Å². The van der Waals surface area contributed by atoms with Crippen molar-refractivity contribution < 1.29 is 14.3 Å². The SMILES string of the molecule is CCc1cc(C(=O)NC[C@H]2COc3cc(OC)ccc3C2)cc(=O)[nH]1. The van der Waals surface area contributed by atoms with E-state index in [0.717, 1.165) is 29.2 Å². The molecule has 0 bridgehead atoms. The standard InChI is InChI=1S/C19H22N2O4/c1-3-15-7-14(8-18(22)21-15)19(23)20-10-12-6-13-4-5-16(24-2)9-17(13)25-11-12/h4-5,7-9,12H,3,6,10-11H2,1-2H3,(H,20,23)(H,21,22)/t12-/m0/s1. The predicted octanol–water partition coefficient (Wildman–Crippen LogP) is 1.93. The van der Waals surface area contributed by atoms with E-state index in [1.807, 2.05) is 25.1 Å². The van der Waals surface area contributed by atoms with E-state index in [1.54, 1.807) is 13.2 Å². The van der Waals surface area contributed by atoms with Gasteiger partial charge in [0.05, 0.1) is 13.7 Å². The number of hydrogen-bond donors (Lipinski definition) is 2. The number of ether oxygens (including phenoxy) is 2. The van der Waals surface area contributed by atoms with Gasteiger partial charge < -0.3 is 19.8 Å². The summed E-state index contributed by atoms with van der Waals surface area (Å²) in [6.07, 6.45) is 1.50. The second kappa shape index (κ2) is 7.42. The fourth-order valence-electron chi connectivity index (χ4n) is 2.94. The lowest BCUT2D eigenvalue weighted by molar-refractivity contribution is 0.0938. The van der Waals surface area contributed by atoms with Gasteiger partial charge in [-0.05, 0) is 30.5 Å². The number of benzene rings is 1. The molecule has 0 radical (unpaired) electrons. The van der Waals surface area contributed by atoms with Gasteiger partial charge in [0.25, 0.3) is 5.91 Å². The Morgan fingerprint density at radius 1 is 1.36 bits per heavy atom. The summed E-state index contributed by atoms with van der Waals surface area (Å²) in [6.45, 7) is 2.97. The second-order valence-electron chi connectivity index (χ2n) is 6.18. The smallest absolute Gasteiger partial charge is 0.251 e. The molecule has 1 aromatic heterocycles. The van der Waals surface area contributed by atoms with Crippen molar-refractivity contribution in [2.24, 2.45) is 5.92 Å². The number of amides is 1. The first-order chi connectivity index (χ1) is 12.1. The zero-order valence-electron chi connectivity index (χ0n) is 14.4. The molecular formula is C19H22N2O4. The lowest BCUT2D eigenvalue weighted by atomic mass is 9.96. The van der Waals surface area contributed by atoms with E-state index < -0.39 is 0 Å². The molecule has 0 fully saturated rings. The van der Waals surface area contributed by atoms with E-state index in [1.165, 1.54) is 6.07 Å². The highest BCUT2D eigenvalue weighted by Gasteiger charge is 2.21. The van der Waals surface area contributed by atoms with Gasteiger partial charge in [-0.15, -0.1) is 0 Å². The maximum Gasteiger partial charge on any atom is 0.251 e. The summed E-state index contributed by atoms with van der Waals surface area (Å²) in [5, 5.41) is 2.90. The number of aromatic amines is 1. The molecular weight excluding hydrogens is 320 g/mol. The fraction of sp³-hybridized carbons (Fsp3) is 0.368. The summed E-state index contributed by atoms with van der Waals surface area (Å²) in [4.78, 5) is 26.6. The van der Waals surface area contributed by atoms with Crippen molar-refractivity contribution in [1.29, 1.82) is 0 Å². The van der Waals surface area contributed by atoms with Gasteiger partial charge in [0, 0.05) is 35.9 Å². The van der Waals surface area contributed by atoms with Crippen LogP contribution in [0.2, 0.25) is 0 Å². The molecule has 0 aliphatic carbocycles. The molecule has 1 atom stereocenters. The number of hydrogen-bond acceptors (Lipinski definition) is 4. The van der Waals surface area contributed by atoms with Crippen LogP contribution in [0, 0.1) is 5.92 Å². The molecule has 3 rings (SSSR count). The second-order valence-corrected chi connectivity index (χ2v) is 6.18. The number of rotatable bonds is 5. The largest absolute Gasteiger partial charge is 0.497 e. The summed E-state index contributed by atoms with van der Waals surface area (Å²) in [5.41, 5.74) is 1.99. The molecule has 2 N–H and O–H groups in total.